The summed E-state index contributed by atoms with van der Waals surface area (Å²) in [6.07, 6.45) is 5.19. The summed E-state index contributed by atoms with van der Waals surface area (Å²) in [5.41, 5.74) is 5.67. The van der Waals surface area contributed by atoms with Crippen LogP contribution in [0.3, 0.4) is 0 Å². The van der Waals surface area contributed by atoms with E-state index in [4.69, 9.17) is 10.5 Å². The van der Waals surface area contributed by atoms with Crippen LogP contribution in [0, 0.1) is 0 Å². The molecule has 1 aromatic carbocycles. The standard InChI is InChI=1S/C17H24N2O3/c1-4-11-17(2,3)19-16(21)10-7-13-5-8-14(9-6-13)22-12-15(18)20/h5-10H,4,11-12H2,1-3H3,(H2,18,20)(H,19,21)/b10-7+. The Balaban J connectivity index is 2.55. The monoisotopic (exact) mass is 304 g/mol. The summed E-state index contributed by atoms with van der Waals surface area (Å²) in [6, 6.07) is 7.05. The summed E-state index contributed by atoms with van der Waals surface area (Å²) in [7, 11) is 0. The number of carbonyl (C=O) groups excluding carboxylic acids is 2. The highest BCUT2D eigenvalue weighted by Gasteiger charge is 2.17. The van der Waals surface area contributed by atoms with Gasteiger partial charge in [0.05, 0.1) is 0 Å². The Morgan fingerprint density at radius 2 is 1.91 bits per heavy atom. The van der Waals surface area contributed by atoms with E-state index in [1.807, 2.05) is 13.8 Å². The average molecular weight is 304 g/mol. The van der Waals surface area contributed by atoms with Gasteiger partial charge in [0.15, 0.2) is 6.61 Å². The summed E-state index contributed by atoms with van der Waals surface area (Å²) in [6.45, 7) is 5.95. The van der Waals surface area contributed by atoms with Gasteiger partial charge in [-0.3, -0.25) is 9.59 Å². The molecular weight excluding hydrogens is 280 g/mol. The van der Waals surface area contributed by atoms with Gasteiger partial charge in [-0.2, -0.15) is 0 Å². The summed E-state index contributed by atoms with van der Waals surface area (Å²) >= 11 is 0. The second kappa shape index (κ2) is 8.22. The van der Waals surface area contributed by atoms with Gasteiger partial charge in [0.1, 0.15) is 5.75 Å². The van der Waals surface area contributed by atoms with Crippen molar-refractivity contribution in [2.75, 3.05) is 6.61 Å². The Labute approximate surface area is 131 Å². The lowest BCUT2D eigenvalue weighted by atomic mass is 9.99. The van der Waals surface area contributed by atoms with Crippen molar-refractivity contribution in [3.8, 4) is 5.75 Å². The second-order valence-electron chi connectivity index (χ2n) is 5.78. The van der Waals surface area contributed by atoms with E-state index in [0.29, 0.717) is 5.75 Å². The molecule has 3 N–H and O–H groups in total. The minimum absolute atomic E-state index is 0.118. The van der Waals surface area contributed by atoms with Crippen molar-refractivity contribution >= 4 is 17.9 Å². The molecule has 0 saturated carbocycles. The molecule has 0 aliphatic rings. The fraction of sp³-hybridized carbons (Fsp3) is 0.412. The number of hydrogen-bond acceptors (Lipinski definition) is 3. The molecule has 120 valence electrons. The van der Waals surface area contributed by atoms with Crippen LogP contribution in [0.1, 0.15) is 39.2 Å². The molecule has 0 unspecified atom stereocenters. The van der Waals surface area contributed by atoms with Gasteiger partial charge in [-0.05, 0) is 44.0 Å². The fourth-order valence-corrected chi connectivity index (χ4v) is 2.06. The third-order valence-corrected chi connectivity index (χ3v) is 3.02. The lowest BCUT2D eigenvalue weighted by molar-refractivity contribution is -0.120. The molecule has 0 radical (unpaired) electrons. The van der Waals surface area contributed by atoms with Crippen LogP contribution >= 0.6 is 0 Å². The molecule has 0 fully saturated rings. The predicted octanol–water partition coefficient (Wildman–Crippen LogP) is 2.26. The van der Waals surface area contributed by atoms with Gasteiger partial charge in [0.2, 0.25) is 5.91 Å². The van der Waals surface area contributed by atoms with Crippen LogP contribution in [0.25, 0.3) is 6.08 Å². The van der Waals surface area contributed by atoms with E-state index in [0.717, 1.165) is 18.4 Å². The van der Waals surface area contributed by atoms with Gasteiger partial charge in [-0.1, -0.05) is 25.5 Å². The lowest BCUT2D eigenvalue weighted by Crippen LogP contribution is -2.42. The molecule has 0 aliphatic heterocycles. The molecule has 0 spiro atoms. The van der Waals surface area contributed by atoms with Crippen LogP contribution in [0.5, 0.6) is 5.75 Å². The molecule has 5 nitrogen and oxygen atoms in total. The first-order valence-corrected chi connectivity index (χ1v) is 7.34. The van der Waals surface area contributed by atoms with Crippen molar-refractivity contribution < 1.29 is 14.3 Å². The van der Waals surface area contributed by atoms with Gasteiger partial charge in [-0.25, -0.2) is 0 Å². The van der Waals surface area contributed by atoms with E-state index in [-0.39, 0.29) is 18.1 Å². The van der Waals surface area contributed by atoms with Crippen molar-refractivity contribution in [2.45, 2.75) is 39.2 Å². The quantitative estimate of drug-likeness (QED) is 0.723. The van der Waals surface area contributed by atoms with Gasteiger partial charge in [-0.15, -0.1) is 0 Å². The Kier molecular flexibility index (Phi) is 6.63. The predicted molar refractivity (Wildman–Crippen MR) is 87.3 cm³/mol. The van der Waals surface area contributed by atoms with Gasteiger partial charge >= 0.3 is 0 Å². The first-order valence-electron chi connectivity index (χ1n) is 7.34. The molecule has 0 saturated heterocycles. The first kappa shape index (κ1) is 17.8. The molecule has 0 heterocycles. The number of ether oxygens (including phenoxy) is 1. The zero-order valence-corrected chi connectivity index (χ0v) is 13.4. The van der Waals surface area contributed by atoms with E-state index in [1.165, 1.54) is 6.08 Å². The maximum absolute atomic E-state index is 11.9. The summed E-state index contributed by atoms with van der Waals surface area (Å²) in [5.74, 6) is -0.0766. The van der Waals surface area contributed by atoms with Crippen molar-refractivity contribution in [1.82, 2.24) is 5.32 Å². The number of benzene rings is 1. The molecular formula is C17H24N2O3. The average Bonchev–Trinajstić information content (AvgIpc) is 2.43. The molecule has 22 heavy (non-hydrogen) atoms. The third kappa shape index (κ3) is 6.92. The van der Waals surface area contributed by atoms with Crippen LogP contribution in [-0.4, -0.2) is 24.0 Å². The molecule has 5 heteroatoms. The maximum Gasteiger partial charge on any atom is 0.255 e. The number of rotatable bonds is 8. The van der Waals surface area contributed by atoms with Crippen molar-refractivity contribution in [3.05, 3.63) is 35.9 Å². The third-order valence-electron chi connectivity index (χ3n) is 3.02. The normalized spacial score (nSPS) is 11.4. The number of hydrogen-bond donors (Lipinski definition) is 2. The van der Waals surface area contributed by atoms with Crippen molar-refractivity contribution in [3.63, 3.8) is 0 Å². The number of nitrogens with one attached hydrogen (secondary N) is 1. The highest BCUT2D eigenvalue weighted by molar-refractivity contribution is 5.92. The van der Waals surface area contributed by atoms with Crippen LogP contribution in [-0.2, 0) is 9.59 Å². The van der Waals surface area contributed by atoms with E-state index < -0.39 is 5.91 Å². The highest BCUT2D eigenvalue weighted by Crippen LogP contribution is 2.14. The van der Waals surface area contributed by atoms with Crippen LogP contribution in [0.2, 0.25) is 0 Å². The fourth-order valence-electron chi connectivity index (χ4n) is 2.06. The van der Waals surface area contributed by atoms with Gasteiger partial charge in [0.25, 0.3) is 5.91 Å². The number of carbonyl (C=O) groups is 2. The van der Waals surface area contributed by atoms with Crippen molar-refractivity contribution in [1.29, 1.82) is 0 Å². The van der Waals surface area contributed by atoms with Crippen LogP contribution < -0.4 is 15.8 Å². The topological polar surface area (TPSA) is 81.4 Å². The Morgan fingerprint density at radius 3 is 2.45 bits per heavy atom. The minimum Gasteiger partial charge on any atom is -0.484 e. The molecule has 1 aromatic rings. The minimum atomic E-state index is -0.518. The Morgan fingerprint density at radius 1 is 1.27 bits per heavy atom. The number of nitrogens with two attached hydrogens (primary N) is 1. The summed E-state index contributed by atoms with van der Waals surface area (Å²) in [5, 5.41) is 2.97. The van der Waals surface area contributed by atoms with E-state index >= 15 is 0 Å². The smallest absolute Gasteiger partial charge is 0.255 e. The SMILES string of the molecule is CCCC(C)(C)NC(=O)/C=C/c1ccc(OCC(N)=O)cc1. The molecule has 2 amide bonds. The van der Waals surface area contributed by atoms with E-state index in [9.17, 15) is 9.59 Å². The molecule has 0 atom stereocenters. The summed E-state index contributed by atoms with van der Waals surface area (Å²) < 4.78 is 5.16. The highest BCUT2D eigenvalue weighted by atomic mass is 16.5. The van der Waals surface area contributed by atoms with E-state index in [1.54, 1.807) is 30.3 Å². The van der Waals surface area contributed by atoms with Crippen LogP contribution in [0.15, 0.2) is 30.3 Å². The van der Waals surface area contributed by atoms with Gasteiger partial charge < -0.3 is 15.8 Å². The second-order valence-corrected chi connectivity index (χ2v) is 5.78. The maximum atomic E-state index is 11.9. The number of primary amides is 1. The largest absolute Gasteiger partial charge is 0.484 e. The molecule has 0 aromatic heterocycles. The van der Waals surface area contributed by atoms with Crippen LogP contribution in [0.4, 0.5) is 0 Å². The molecule has 0 bridgehead atoms. The lowest BCUT2D eigenvalue weighted by Gasteiger charge is -2.24. The Bertz CT molecular complexity index is 533. The molecule has 0 aliphatic carbocycles. The Hall–Kier alpha value is -2.30. The van der Waals surface area contributed by atoms with E-state index in [2.05, 4.69) is 12.2 Å². The zero-order valence-electron chi connectivity index (χ0n) is 13.4. The van der Waals surface area contributed by atoms with Gasteiger partial charge in [0, 0.05) is 11.6 Å². The summed E-state index contributed by atoms with van der Waals surface area (Å²) in [4.78, 5) is 22.5. The zero-order chi connectivity index (χ0) is 16.6. The molecule has 1 rings (SSSR count). The van der Waals surface area contributed by atoms with Crippen molar-refractivity contribution in [2.24, 2.45) is 5.73 Å². The first-order chi connectivity index (χ1) is 10.3. The number of amides is 2.